The number of aromatic nitrogens is 3. The summed E-state index contributed by atoms with van der Waals surface area (Å²) in [6, 6.07) is 2.65. The summed E-state index contributed by atoms with van der Waals surface area (Å²) >= 11 is 6.02. The van der Waals surface area contributed by atoms with Gasteiger partial charge in [-0.1, -0.05) is 16.8 Å². The summed E-state index contributed by atoms with van der Waals surface area (Å²) in [5, 5.41) is 16.8. The van der Waals surface area contributed by atoms with Gasteiger partial charge in [0.1, 0.15) is 12.3 Å². The fourth-order valence-corrected chi connectivity index (χ4v) is 1.86. The van der Waals surface area contributed by atoms with Crippen LogP contribution in [-0.2, 0) is 13.7 Å². The molecule has 0 saturated heterocycles. The molecular weight excluding hydrogens is 286 g/mol. The average Bonchev–Trinajstić information content (AvgIpc) is 2.82. The largest absolute Gasteiger partial charge is 0.493 e. The highest BCUT2D eigenvalue weighted by Gasteiger charge is 2.15. The third kappa shape index (κ3) is 3.00. The molecule has 0 unspecified atom stereocenters. The molecular formula is C12H12ClN3O4. The summed E-state index contributed by atoms with van der Waals surface area (Å²) in [6.07, 6.45) is 1.70. The zero-order valence-electron chi connectivity index (χ0n) is 10.8. The number of ether oxygens (including phenoxy) is 2. The molecule has 0 amide bonds. The molecule has 1 aromatic heterocycles. The van der Waals surface area contributed by atoms with E-state index in [1.807, 2.05) is 0 Å². The van der Waals surface area contributed by atoms with Gasteiger partial charge < -0.3 is 14.6 Å². The lowest BCUT2D eigenvalue weighted by atomic mass is 10.2. The molecule has 1 N–H and O–H groups in total. The number of halogens is 1. The minimum absolute atomic E-state index is 0.0266. The van der Waals surface area contributed by atoms with Crippen molar-refractivity contribution >= 4 is 17.6 Å². The monoisotopic (exact) mass is 297 g/mol. The molecule has 106 valence electrons. The van der Waals surface area contributed by atoms with Gasteiger partial charge in [-0.05, 0) is 12.1 Å². The Hall–Kier alpha value is -2.28. The van der Waals surface area contributed by atoms with Crippen molar-refractivity contribution in [2.45, 2.75) is 6.61 Å². The topological polar surface area (TPSA) is 86.5 Å². The SMILES string of the molecule is COc1cc(C(=O)O)cc(Cl)c1OCc1cn(C)nn1. The van der Waals surface area contributed by atoms with Crippen molar-refractivity contribution in [2.24, 2.45) is 7.05 Å². The molecule has 8 heteroatoms. The van der Waals surface area contributed by atoms with E-state index in [0.717, 1.165) is 0 Å². The van der Waals surface area contributed by atoms with E-state index in [0.29, 0.717) is 5.69 Å². The standard InChI is InChI=1S/C12H12ClN3O4/c1-16-5-8(14-15-16)6-20-11-9(13)3-7(12(17)18)4-10(11)19-2/h3-5H,6H2,1-2H3,(H,17,18). The molecule has 0 radical (unpaired) electrons. The number of carboxylic acids is 1. The summed E-state index contributed by atoms with van der Waals surface area (Å²) in [7, 11) is 3.15. The summed E-state index contributed by atoms with van der Waals surface area (Å²) in [5.74, 6) is -0.575. The number of aromatic carboxylic acids is 1. The van der Waals surface area contributed by atoms with Crippen LogP contribution in [0.5, 0.6) is 11.5 Å². The second-order valence-electron chi connectivity index (χ2n) is 3.97. The lowest BCUT2D eigenvalue weighted by Crippen LogP contribution is -2.02. The van der Waals surface area contributed by atoms with Crippen LogP contribution in [0, 0.1) is 0 Å². The molecule has 1 aromatic carbocycles. The minimum Gasteiger partial charge on any atom is -0.493 e. The number of nitrogens with zero attached hydrogens (tertiary/aromatic N) is 3. The third-order valence-corrected chi connectivity index (χ3v) is 2.77. The predicted molar refractivity (Wildman–Crippen MR) is 70.3 cm³/mol. The highest BCUT2D eigenvalue weighted by Crippen LogP contribution is 2.36. The van der Waals surface area contributed by atoms with Crippen LogP contribution >= 0.6 is 11.6 Å². The molecule has 0 fully saturated rings. The molecule has 0 spiro atoms. The second kappa shape index (κ2) is 5.79. The van der Waals surface area contributed by atoms with Crippen LogP contribution in [0.1, 0.15) is 16.1 Å². The highest BCUT2D eigenvalue weighted by molar-refractivity contribution is 6.32. The van der Waals surface area contributed by atoms with Crippen molar-refractivity contribution in [2.75, 3.05) is 7.11 Å². The Bertz CT molecular complexity index is 642. The van der Waals surface area contributed by atoms with E-state index in [-0.39, 0.29) is 28.7 Å². The maximum atomic E-state index is 10.9. The zero-order chi connectivity index (χ0) is 14.7. The van der Waals surface area contributed by atoms with Gasteiger partial charge in [0.2, 0.25) is 0 Å². The number of hydrogen-bond acceptors (Lipinski definition) is 5. The number of methoxy groups -OCH3 is 1. The Morgan fingerprint density at radius 3 is 2.80 bits per heavy atom. The molecule has 0 aliphatic heterocycles. The van der Waals surface area contributed by atoms with Crippen molar-refractivity contribution in [1.29, 1.82) is 0 Å². The normalized spacial score (nSPS) is 10.3. The van der Waals surface area contributed by atoms with Crippen molar-refractivity contribution in [3.05, 3.63) is 34.6 Å². The molecule has 0 atom stereocenters. The Morgan fingerprint density at radius 1 is 1.50 bits per heavy atom. The fourth-order valence-electron chi connectivity index (χ4n) is 1.59. The van der Waals surface area contributed by atoms with E-state index < -0.39 is 5.97 Å². The summed E-state index contributed by atoms with van der Waals surface area (Å²) in [5.41, 5.74) is 0.645. The van der Waals surface area contributed by atoms with Crippen molar-refractivity contribution < 1.29 is 19.4 Å². The Morgan fingerprint density at radius 2 is 2.25 bits per heavy atom. The van der Waals surface area contributed by atoms with E-state index >= 15 is 0 Å². The van der Waals surface area contributed by atoms with E-state index in [9.17, 15) is 4.79 Å². The first-order valence-corrected chi connectivity index (χ1v) is 5.98. The number of carbonyl (C=O) groups is 1. The Labute approximate surface area is 119 Å². The predicted octanol–water partition coefficient (Wildman–Crippen LogP) is 1.75. The lowest BCUT2D eigenvalue weighted by molar-refractivity contribution is 0.0696. The molecule has 7 nitrogen and oxygen atoms in total. The number of hydrogen-bond donors (Lipinski definition) is 1. The maximum absolute atomic E-state index is 10.9. The van der Waals surface area contributed by atoms with E-state index in [1.54, 1.807) is 17.9 Å². The number of aryl methyl sites for hydroxylation is 1. The zero-order valence-corrected chi connectivity index (χ0v) is 11.6. The molecule has 1 heterocycles. The molecule has 2 rings (SSSR count). The molecule has 20 heavy (non-hydrogen) atoms. The minimum atomic E-state index is -1.09. The van der Waals surface area contributed by atoms with Gasteiger partial charge >= 0.3 is 5.97 Å². The summed E-state index contributed by atoms with van der Waals surface area (Å²) in [6.45, 7) is 0.149. The van der Waals surface area contributed by atoms with Crippen molar-refractivity contribution in [1.82, 2.24) is 15.0 Å². The van der Waals surface area contributed by atoms with Crippen LogP contribution < -0.4 is 9.47 Å². The van der Waals surface area contributed by atoms with Crippen LogP contribution in [0.3, 0.4) is 0 Å². The quantitative estimate of drug-likeness (QED) is 0.905. The van der Waals surface area contributed by atoms with Crippen molar-refractivity contribution in [3.63, 3.8) is 0 Å². The number of benzene rings is 1. The first-order chi connectivity index (χ1) is 9.51. The average molecular weight is 298 g/mol. The van der Waals surface area contributed by atoms with Crippen molar-refractivity contribution in [3.8, 4) is 11.5 Å². The van der Waals surface area contributed by atoms with Gasteiger partial charge in [-0.3, -0.25) is 4.68 Å². The molecule has 0 aliphatic rings. The van der Waals surface area contributed by atoms with E-state index in [4.69, 9.17) is 26.2 Å². The van der Waals surface area contributed by atoms with Gasteiger partial charge in [-0.2, -0.15) is 0 Å². The molecule has 0 aliphatic carbocycles. The van der Waals surface area contributed by atoms with Gasteiger partial charge in [-0.15, -0.1) is 5.10 Å². The Balaban J connectivity index is 2.24. The summed E-state index contributed by atoms with van der Waals surface area (Å²) < 4.78 is 12.2. The number of carboxylic acid groups (broad SMARTS) is 1. The van der Waals surface area contributed by atoms with E-state index in [1.165, 1.54) is 19.2 Å². The second-order valence-corrected chi connectivity index (χ2v) is 4.37. The van der Waals surface area contributed by atoms with E-state index in [2.05, 4.69) is 10.3 Å². The smallest absolute Gasteiger partial charge is 0.335 e. The van der Waals surface area contributed by atoms with Crippen LogP contribution in [-0.4, -0.2) is 33.2 Å². The van der Waals surface area contributed by atoms with Crippen LogP contribution in [0.2, 0.25) is 5.02 Å². The van der Waals surface area contributed by atoms with Gasteiger partial charge in [0.05, 0.1) is 23.9 Å². The van der Waals surface area contributed by atoms with Crippen LogP contribution in [0.4, 0.5) is 0 Å². The van der Waals surface area contributed by atoms with Crippen LogP contribution in [0.15, 0.2) is 18.3 Å². The summed E-state index contributed by atoms with van der Waals surface area (Å²) in [4.78, 5) is 10.9. The third-order valence-electron chi connectivity index (χ3n) is 2.49. The van der Waals surface area contributed by atoms with Gasteiger partial charge in [0, 0.05) is 7.05 Å². The maximum Gasteiger partial charge on any atom is 0.335 e. The molecule has 0 bridgehead atoms. The first kappa shape index (κ1) is 14.1. The van der Waals surface area contributed by atoms with Gasteiger partial charge in [0.25, 0.3) is 0 Å². The molecule has 2 aromatic rings. The number of rotatable bonds is 5. The van der Waals surface area contributed by atoms with Crippen LogP contribution in [0.25, 0.3) is 0 Å². The fraction of sp³-hybridized carbons (Fsp3) is 0.250. The molecule has 0 saturated carbocycles. The van der Waals surface area contributed by atoms with Gasteiger partial charge in [-0.25, -0.2) is 4.79 Å². The highest BCUT2D eigenvalue weighted by atomic mass is 35.5. The van der Waals surface area contributed by atoms with Gasteiger partial charge in [0.15, 0.2) is 11.5 Å². The first-order valence-electron chi connectivity index (χ1n) is 5.60. The lowest BCUT2D eigenvalue weighted by Gasteiger charge is -2.12. The Kier molecular flexibility index (Phi) is 4.09.